The van der Waals surface area contributed by atoms with Crippen LogP contribution in [0.4, 0.5) is 45.5 Å². The van der Waals surface area contributed by atoms with Crippen molar-refractivity contribution in [2.75, 3.05) is 11.5 Å². The van der Waals surface area contributed by atoms with Crippen molar-refractivity contribution in [1.82, 2.24) is 0 Å². The van der Waals surface area contributed by atoms with Crippen LogP contribution in [-0.4, -0.2) is 0 Å². The number of nitrogens with one attached hydrogen (secondary N) is 2. The van der Waals surface area contributed by atoms with E-state index in [1.807, 2.05) is 60.7 Å². The molecular formula is C24H22N6Ni-4. The van der Waals surface area contributed by atoms with Crippen LogP contribution in [0.15, 0.2) is 97.1 Å². The molecule has 4 rings (SSSR count). The molecule has 0 spiro atoms. The molecule has 162 valence electrons. The topological polar surface area (TPSA) is 128 Å². The molecule has 0 aromatic heterocycles. The van der Waals surface area contributed by atoms with Gasteiger partial charge in [-0.2, -0.15) is 22.7 Å². The summed E-state index contributed by atoms with van der Waals surface area (Å²) in [6.45, 7) is 0. The molecule has 31 heavy (non-hydrogen) atoms. The Hall–Kier alpha value is -3.83. The molecule has 0 aliphatic heterocycles. The van der Waals surface area contributed by atoms with E-state index in [1.54, 1.807) is 36.4 Å². The van der Waals surface area contributed by atoms with Gasteiger partial charge in [-0.15, -0.1) is 11.4 Å². The molecule has 0 unspecified atom stereocenters. The Bertz CT molecular complexity index is 940. The van der Waals surface area contributed by atoms with E-state index in [-0.39, 0.29) is 16.5 Å². The summed E-state index contributed by atoms with van der Waals surface area (Å²) in [5.74, 6) is 0. The molecular weight excluding hydrogens is 431 g/mol. The standard InChI is InChI=1S/2C12H11N3.Ni/c2*13-9-5-1-3-7-11(9)15-12-8-4-2-6-10(12)14;/h2*1-8,13H,14H2;/q2*-2;. The first-order chi connectivity index (χ1) is 14.5. The number of rotatable bonds is 4. The van der Waals surface area contributed by atoms with Crippen LogP contribution in [0.3, 0.4) is 0 Å². The molecule has 0 fully saturated rings. The molecule has 0 bridgehead atoms. The minimum Gasteiger partial charge on any atom is -0.700 e. The smallest absolute Gasteiger partial charge is 0.0164 e. The zero-order chi connectivity index (χ0) is 21.3. The number of nitrogens with two attached hydrogens (primary N) is 2. The van der Waals surface area contributed by atoms with Gasteiger partial charge in [-0.1, -0.05) is 84.9 Å². The summed E-state index contributed by atoms with van der Waals surface area (Å²) in [6.07, 6.45) is 0. The zero-order valence-corrected chi connectivity index (χ0v) is 17.6. The van der Waals surface area contributed by atoms with E-state index in [0.29, 0.717) is 45.5 Å². The third-order valence-corrected chi connectivity index (χ3v) is 4.16. The quantitative estimate of drug-likeness (QED) is 0.237. The van der Waals surface area contributed by atoms with Gasteiger partial charge in [0.1, 0.15) is 0 Å². The summed E-state index contributed by atoms with van der Waals surface area (Å²) in [5, 5.41) is 8.66. The van der Waals surface area contributed by atoms with Crippen LogP contribution in [0.25, 0.3) is 22.1 Å². The van der Waals surface area contributed by atoms with Gasteiger partial charge in [0.05, 0.1) is 0 Å². The molecule has 0 amide bonds. The first-order valence-corrected chi connectivity index (χ1v) is 9.28. The summed E-state index contributed by atoms with van der Waals surface area (Å²) in [6, 6.07) is 29.1. The Labute approximate surface area is 192 Å². The zero-order valence-electron chi connectivity index (χ0n) is 16.6. The second-order valence-corrected chi connectivity index (χ2v) is 6.38. The molecule has 0 radical (unpaired) electrons. The summed E-state index contributed by atoms with van der Waals surface area (Å²) in [4.78, 5) is 0. The van der Waals surface area contributed by atoms with Crippen molar-refractivity contribution in [1.29, 1.82) is 0 Å². The largest absolute Gasteiger partial charge is 0.700 e. The minimum atomic E-state index is 0. The first kappa shape index (κ1) is 23.5. The number of benzene rings is 4. The molecule has 4 aromatic carbocycles. The summed E-state index contributed by atoms with van der Waals surface area (Å²) >= 11 is 0. The number of nitrogen functional groups attached to an aromatic ring is 2. The second kappa shape index (κ2) is 11.4. The van der Waals surface area contributed by atoms with E-state index in [1.165, 1.54) is 0 Å². The van der Waals surface area contributed by atoms with Crippen LogP contribution in [0.1, 0.15) is 0 Å². The average Bonchev–Trinajstić information content (AvgIpc) is 2.75. The summed E-state index contributed by atoms with van der Waals surface area (Å²) in [7, 11) is 0. The van der Waals surface area contributed by atoms with E-state index in [4.69, 9.17) is 22.9 Å². The monoisotopic (exact) mass is 452 g/mol. The van der Waals surface area contributed by atoms with Crippen molar-refractivity contribution in [2.24, 2.45) is 0 Å². The van der Waals surface area contributed by atoms with Gasteiger partial charge >= 0.3 is 0 Å². The number of hydrogen-bond donors (Lipinski definition) is 2. The summed E-state index contributed by atoms with van der Waals surface area (Å²) in [5.41, 5.74) is 31.6. The average molecular weight is 453 g/mol. The predicted octanol–water partition coefficient (Wildman–Crippen LogP) is 8.58. The van der Waals surface area contributed by atoms with Crippen molar-refractivity contribution in [3.63, 3.8) is 0 Å². The van der Waals surface area contributed by atoms with Crippen LogP contribution in [-0.2, 0) is 16.5 Å². The van der Waals surface area contributed by atoms with E-state index in [0.717, 1.165) is 0 Å². The third-order valence-electron chi connectivity index (χ3n) is 4.16. The first-order valence-electron chi connectivity index (χ1n) is 9.28. The fourth-order valence-electron chi connectivity index (χ4n) is 2.58. The van der Waals surface area contributed by atoms with Gasteiger partial charge in [0, 0.05) is 27.9 Å². The van der Waals surface area contributed by atoms with Crippen LogP contribution >= 0.6 is 0 Å². The minimum absolute atomic E-state index is 0. The van der Waals surface area contributed by atoms with Crippen molar-refractivity contribution >= 4 is 45.5 Å². The molecule has 0 aliphatic carbocycles. The van der Waals surface area contributed by atoms with E-state index < -0.39 is 0 Å². The van der Waals surface area contributed by atoms with E-state index in [2.05, 4.69) is 10.6 Å². The Balaban J connectivity index is 0.000000213. The Morgan fingerprint density at radius 1 is 0.452 bits per heavy atom. The Morgan fingerprint density at radius 3 is 1.06 bits per heavy atom. The summed E-state index contributed by atoms with van der Waals surface area (Å²) < 4.78 is 0. The van der Waals surface area contributed by atoms with Gasteiger partial charge in [-0.25, -0.2) is 0 Å². The molecule has 0 aliphatic rings. The third kappa shape index (κ3) is 6.59. The van der Waals surface area contributed by atoms with Gasteiger partial charge in [0.2, 0.25) is 0 Å². The molecule has 0 heterocycles. The molecule has 0 saturated heterocycles. The molecule has 6 nitrogen and oxygen atoms in total. The van der Waals surface area contributed by atoms with Crippen LogP contribution in [0, 0.1) is 0 Å². The molecule has 6 N–H and O–H groups in total. The molecule has 4 aromatic rings. The number of anilines is 2. The van der Waals surface area contributed by atoms with Gasteiger partial charge in [-0.3, -0.25) is 0 Å². The molecule has 0 saturated carbocycles. The number of para-hydroxylation sites is 6. The van der Waals surface area contributed by atoms with Gasteiger partial charge in [0.15, 0.2) is 0 Å². The van der Waals surface area contributed by atoms with Gasteiger partial charge in [-0.05, 0) is 12.1 Å². The fourth-order valence-corrected chi connectivity index (χ4v) is 2.58. The van der Waals surface area contributed by atoms with E-state index >= 15 is 0 Å². The Kier molecular flexibility index (Phi) is 8.61. The Morgan fingerprint density at radius 2 is 0.742 bits per heavy atom. The van der Waals surface area contributed by atoms with Gasteiger partial charge in [0.25, 0.3) is 0 Å². The van der Waals surface area contributed by atoms with Crippen LogP contribution < -0.4 is 11.5 Å². The van der Waals surface area contributed by atoms with Crippen molar-refractivity contribution < 1.29 is 16.5 Å². The van der Waals surface area contributed by atoms with E-state index in [9.17, 15) is 0 Å². The predicted molar refractivity (Wildman–Crippen MR) is 128 cm³/mol. The fraction of sp³-hybridized carbons (Fsp3) is 0. The van der Waals surface area contributed by atoms with Gasteiger partial charge < -0.3 is 33.6 Å². The van der Waals surface area contributed by atoms with Crippen molar-refractivity contribution in [3.8, 4) is 0 Å². The maximum absolute atomic E-state index is 7.66. The second-order valence-electron chi connectivity index (χ2n) is 6.38. The van der Waals surface area contributed by atoms with Crippen LogP contribution in [0.5, 0.6) is 0 Å². The number of nitrogens with zero attached hydrogens (tertiary/aromatic N) is 2. The SMILES string of the molecule is [NH-]c1ccccc1[N-]c1ccccc1N.[NH-]c1ccccc1[N-]c1ccccc1N.[Ni]. The maximum Gasteiger partial charge on any atom is 0.0164 e. The van der Waals surface area contributed by atoms with Crippen molar-refractivity contribution in [3.05, 3.63) is 119 Å². The normalized spacial score (nSPS) is 9.55. The molecule has 0 atom stereocenters. The number of hydrogen-bond acceptors (Lipinski definition) is 2. The molecule has 7 heteroatoms. The maximum atomic E-state index is 7.66. The van der Waals surface area contributed by atoms with Crippen molar-refractivity contribution in [2.45, 2.75) is 0 Å². The van der Waals surface area contributed by atoms with Crippen LogP contribution in [0.2, 0.25) is 0 Å².